The van der Waals surface area contributed by atoms with Crippen molar-refractivity contribution in [2.75, 3.05) is 13.6 Å². The molecule has 0 aliphatic heterocycles. The quantitative estimate of drug-likeness (QED) is 0.899. The third-order valence-corrected chi connectivity index (χ3v) is 3.87. The molecule has 1 unspecified atom stereocenters. The minimum atomic E-state index is -0.842. The molecule has 0 spiro atoms. The fraction of sp³-hybridized carbons (Fsp3) is 0.294. The largest absolute Gasteiger partial charge is 0.384 e. The van der Waals surface area contributed by atoms with Crippen LogP contribution >= 0.6 is 15.9 Å². The summed E-state index contributed by atoms with van der Waals surface area (Å²) < 4.78 is 1.08. The predicted octanol–water partition coefficient (Wildman–Crippen LogP) is 3.79. The van der Waals surface area contributed by atoms with Crippen molar-refractivity contribution in [2.24, 2.45) is 0 Å². The number of hydrogen-bond donors (Lipinski definition) is 1. The van der Waals surface area contributed by atoms with Gasteiger partial charge in [0.05, 0.1) is 5.60 Å². The van der Waals surface area contributed by atoms with Crippen molar-refractivity contribution < 1.29 is 5.11 Å². The third kappa shape index (κ3) is 4.17. The second kappa shape index (κ2) is 6.53. The predicted molar refractivity (Wildman–Crippen MR) is 86.5 cm³/mol. The first-order valence-corrected chi connectivity index (χ1v) is 7.47. The Balaban J connectivity index is 2.00. The molecule has 0 fully saturated rings. The van der Waals surface area contributed by atoms with E-state index in [1.807, 2.05) is 56.4 Å². The molecule has 2 nitrogen and oxygen atoms in total. The Morgan fingerprint density at radius 2 is 1.65 bits per heavy atom. The van der Waals surface area contributed by atoms with Crippen LogP contribution in [-0.2, 0) is 12.1 Å². The van der Waals surface area contributed by atoms with Crippen molar-refractivity contribution in [1.82, 2.24) is 4.90 Å². The highest BCUT2D eigenvalue weighted by atomic mass is 79.9. The van der Waals surface area contributed by atoms with Gasteiger partial charge in [0.15, 0.2) is 0 Å². The van der Waals surface area contributed by atoms with Crippen molar-refractivity contribution in [3.63, 3.8) is 0 Å². The van der Waals surface area contributed by atoms with E-state index in [0.717, 1.165) is 16.6 Å². The number of hydrogen-bond acceptors (Lipinski definition) is 2. The molecule has 106 valence electrons. The van der Waals surface area contributed by atoms with Crippen molar-refractivity contribution >= 4 is 15.9 Å². The average molecular weight is 334 g/mol. The van der Waals surface area contributed by atoms with Gasteiger partial charge in [-0.2, -0.15) is 0 Å². The molecule has 20 heavy (non-hydrogen) atoms. The van der Waals surface area contributed by atoms with E-state index < -0.39 is 5.60 Å². The summed E-state index contributed by atoms with van der Waals surface area (Å²) in [6, 6.07) is 18.1. The Hall–Kier alpha value is -1.16. The Bertz CT molecular complexity index is 537. The number of nitrogens with zero attached hydrogens (tertiary/aromatic N) is 1. The van der Waals surface area contributed by atoms with Gasteiger partial charge in [0.2, 0.25) is 0 Å². The molecule has 0 saturated heterocycles. The summed E-state index contributed by atoms with van der Waals surface area (Å²) in [7, 11) is 2.03. The van der Waals surface area contributed by atoms with Gasteiger partial charge in [0, 0.05) is 17.6 Å². The molecular formula is C17H20BrNO. The van der Waals surface area contributed by atoms with E-state index in [1.54, 1.807) is 0 Å². The first kappa shape index (κ1) is 15.2. The Morgan fingerprint density at radius 3 is 2.25 bits per heavy atom. The lowest BCUT2D eigenvalue weighted by atomic mass is 9.95. The molecule has 1 N–H and O–H groups in total. The van der Waals surface area contributed by atoms with Crippen LogP contribution < -0.4 is 0 Å². The van der Waals surface area contributed by atoms with E-state index in [0.29, 0.717) is 6.54 Å². The molecule has 0 radical (unpaired) electrons. The molecule has 0 amide bonds. The fourth-order valence-corrected chi connectivity index (χ4v) is 2.64. The van der Waals surface area contributed by atoms with E-state index >= 15 is 0 Å². The summed E-state index contributed by atoms with van der Waals surface area (Å²) in [4.78, 5) is 2.14. The molecule has 0 aliphatic rings. The SMILES string of the molecule is CN(Cc1ccc(Br)cc1)CC(C)(O)c1ccccc1. The van der Waals surface area contributed by atoms with Crippen LogP contribution in [0, 0.1) is 0 Å². The summed E-state index contributed by atoms with van der Waals surface area (Å²) >= 11 is 3.44. The van der Waals surface area contributed by atoms with Crippen LogP contribution in [0.3, 0.4) is 0 Å². The van der Waals surface area contributed by atoms with Crippen LogP contribution in [0.15, 0.2) is 59.1 Å². The zero-order chi connectivity index (χ0) is 14.6. The lowest BCUT2D eigenvalue weighted by Gasteiger charge is -2.29. The highest BCUT2D eigenvalue weighted by molar-refractivity contribution is 9.10. The zero-order valence-corrected chi connectivity index (χ0v) is 13.5. The fourth-order valence-electron chi connectivity index (χ4n) is 2.37. The molecule has 2 rings (SSSR count). The van der Waals surface area contributed by atoms with Crippen LogP contribution in [0.1, 0.15) is 18.1 Å². The van der Waals surface area contributed by atoms with Gasteiger partial charge >= 0.3 is 0 Å². The second-order valence-electron chi connectivity index (χ2n) is 5.44. The first-order valence-electron chi connectivity index (χ1n) is 6.68. The van der Waals surface area contributed by atoms with Crippen molar-refractivity contribution in [2.45, 2.75) is 19.1 Å². The lowest BCUT2D eigenvalue weighted by molar-refractivity contribution is 0.0214. The monoisotopic (exact) mass is 333 g/mol. The zero-order valence-electron chi connectivity index (χ0n) is 11.9. The summed E-state index contributed by atoms with van der Waals surface area (Å²) in [6.07, 6.45) is 0. The molecule has 2 aromatic carbocycles. The van der Waals surface area contributed by atoms with E-state index in [4.69, 9.17) is 0 Å². The maximum Gasteiger partial charge on any atom is 0.0994 e. The van der Waals surface area contributed by atoms with E-state index in [1.165, 1.54) is 5.56 Å². The Morgan fingerprint density at radius 1 is 1.05 bits per heavy atom. The van der Waals surface area contributed by atoms with Crippen LogP contribution in [0.2, 0.25) is 0 Å². The van der Waals surface area contributed by atoms with Gasteiger partial charge in [-0.1, -0.05) is 58.4 Å². The van der Waals surface area contributed by atoms with E-state index in [9.17, 15) is 5.11 Å². The summed E-state index contributed by atoms with van der Waals surface area (Å²) in [5.74, 6) is 0. The van der Waals surface area contributed by atoms with Crippen molar-refractivity contribution in [3.05, 3.63) is 70.2 Å². The average Bonchev–Trinajstić information content (AvgIpc) is 2.42. The summed E-state index contributed by atoms with van der Waals surface area (Å²) in [5.41, 5.74) is 1.34. The van der Waals surface area contributed by atoms with Gasteiger partial charge in [-0.3, -0.25) is 4.90 Å². The van der Waals surface area contributed by atoms with Gasteiger partial charge in [-0.15, -0.1) is 0 Å². The second-order valence-corrected chi connectivity index (χ2v) is 6.35. The minimum absolute atomic E-state index is 0.590. The van der Waals surface area contributed by atoms with Gasteiger partial charge in [-0.25, -0.2) is 0 Å². The van der Waals surface area contributed by atoms with Crippen LogP contribution in [-0.4, -0.2) is 23.6 Å². The van der Waals surface area contributed by atoms with Crippen molar-refractivity contribution in [3.8, 4) is 0 Å². The molecule has 0 bridgehead atoms. The minimum Gasteiger partial charge on any atom is -0.384 e. The molecule has 0 heterocycles. The van der Waals surface area contributed by atoms with Gasteiger partial charge < -0.3 is 5.11 Å². The Labute approximate surface area is 129 Å². The smallest absolute Gasteiger partial charge is 0.0994 e. The number of likely N-dealkylation sites (N-methyl/N-ethyl adjacent to an activating group) is 1. The highest BCUT2D eigenvalue weighted by Crippen LogP contribution is 2.22. The summed E-state index contributed by atoms with van der Waals surface area (Å²) in [5, 5.41) is 10.6. The summed E-state index contributed by atoms with van der Waals surface area (Å²) in [6.45, 7) is 3.27. The number of benzene rings is 2. The van der Waals surface area contributed by atoms with E-state index in [-0.39, 0.29) is 0 Å². The molecule has 0 saturated carbocycles. The highest BCUT2D eigenvalue weighted by Gasteiger charge is 2.24. The van der Waals surface area contributed by atoms with Crippen LogP contribution in [0.4, 0.5) is 0 Å². The van der Waals surface area contributed by atoms with Gasteiger partial charge in [0.1, 0.15) is 0 Å². The third-order valence-electron chi connectivity index (χ3n) is 3.34. The molecule has 3 heteroatoms. The van der Waals surface area contributed by atoms with Crippen LogP contribution in [0.5, 0.6) is 0 Å². The maximum absolute atomic E-state index is 10.6. The topological polar surface area (TPSA) is 23.5 Å². The van der Waals surface area contributed by atoms with Gasteiger partial charge in [0.25, 0.3) is 0 Å². The van der Waals surface area contributed by atoms with Crippen LogP contribution in [0.25, 0.3) is 0 Å². The Kier molecular flexibility index (Phi) is 4.97. The van der Waals surface area contributed by atoms with Gasteiger partial charge in [-0.05, 0) is 37.2 Å². The number of halogens is 1. The molecule has 0 aliphatic carbocycles. The number of aliphatic hydroxyl groups is 1. The van der Waals surface area contributed by atoms with Crippen molar-refractivity contribution in [1.29, 1.82) is 0 Å². The lowest BCUT2D eigenvalue weighted by Crippen LogP contribution is -2.36. The first-order chi connectivity index (χ1) is 9.47. The normalized spacial score (nSPS) is 14.2. The standard InChI is InChI=1S/C17H20BrNO/c1-17(20,15-6-4-3-5-7-15)13-19(2)12-14-8-10-16(18)11-9-14/h3-11,20H,12-13H2,1-2H3. The van der Waals surface area contributed by atoms with E-state index in [2.05, 4.69) is 33.0 Å². The number of rotatable bonds is 5. The maximum atomic E-state index is 10.6. The molecule has 2 aromatic rings. The molecular weight excluding hydrogens is 314 g/mol. The molecule has 1 atom stereocenters. The molecule has 0 aromatic heterocycles.